The minimum Gasteiger partial charge on any atom is -0.467 e. The third-order valence-corrected chi connectivity index (χ3v) is 6.62. The Bertz CT molecular complexity index is 1310. The molecule has 2 aliphatic rings. The third kappa shape index (κ3) is 4.01. The molecule has 1 saturated heterocycles. The quantitative estimate of drug-likeness (QED) is 0.570. The summed E-state index contributed by atoms with van der Waals surface area (Å²) < 4.78 is 5.59. The first kappa shape index (κ1) is 22.6. The van der Waals surface area contributed by atoms with Crippen molar-refractivity contribution in [2.24, 2.45) is 5.10 Å². The number of rotatable bonds is 5. The number of benzene rings is 2. The van der Waals surface area contributed by atoms with Gasteiger partial charge in [-0.25, -0.2) is 9.80 Å². The van der Waals surface area contributed by atoms with E-state index in [2.05, 4.69) is 10.4 Å². The number of nitrogens with zero attached hydrogens (tertiary/aromatic N) is 3. The van der Waals surface area contributed by atoms with Crippen molar-refractivity contribution in [1.29, 1.82) is 0 Å². The van der Waals surface area contributed by atoms with Crippen LogP contribution in [0.4, 0.5) is 4.79 Å². The summed E-state index contributed by atoms with van der Waals surface area (Å²) in [6.07, 6.45) is 2.01. The van der Waals surface area contributed by atoms with E-state index in [1.54, 1.807) is 25.3 Å². The van der Waals surface area contributed by atoms with Gasteiger partial charge < -0.3 is 9.73 Å². The van der Waals surface area contributed by atoms with Crippen molar-refractivity contribution < 1.29 is 18.8 Å². The zero-order chi connectivity index (χ0) is 24.7. The van der Waals surface area contributed by atoms with Gasteiger partial charge in [0.15, 0.2) is 0 Å². The molecule has 3 heterocycles. The number of nitrogens with one attached hydrogen (secondary N) is 1. The lowest BCUT2D eigenvalue weighted by atomic mass is 9.91. The van der Waals surface area contributed by atoms with Crippen LogP contribution >= 0.6 is 0 Å². The van der Waals surface area contributed by atoms with Crippen LogP contribution in [0.1, 0.15) is 47.4 Å². The summed E-state index contributed by atoms with van der Waals surface area (Å²) in [5, 5.41) is 8.67. The predicted octanol–water partition coefficient (Wildman–Crippen LogP) is 4.04. The molecule has 0 radical (unpaired) electrons. The molecule has 8 nitrogen and oxygen atoms in total. The van der Waals surface area contributed by atoms with E-state index in [1.165, 1.54) is 5.01 Å². The molecule has 1 N–H and O–H groups in total. The van der Waals surface area contributed by atoms with Gasteiger partial charge in [-0.15, -0.1) is 0 Å². The number of imide groups is 1. The summed E-state index contributed by atoms with van der Waals surface area (Å²) in [7, 11) is 0. The Hall–Kier alpha value is -4.20. The Morgan fingerprint density at radius 2 is 1.71 bits per heavy atom. The average Bonchev–Trinajstić information content (AvgIpc) is 3.56. The molecule has 1 aromatic heterocycles. The first-order chi connectivity index (χ1) is 16.8. The Kier molecular flexibility index (Phi) is 5.51. The van der Waals surface area contributed by atoms with Gasteiger partial charge in [-0.2, -0.15) is 5.10 Å². The van der Waals surface area contributed by atoms with Crippen molar-refractivity contribution in [1.82, 2.24) is 15.2 Å². The predicted molar refractivity (Wildman–Crippen MR) is 129 cm³/mol. The normalized spacial score (nSPS) is 21.9. The minimum atomic E-state index is -1.24. The van der Waals surface area contributed by atoms with E-state index in [1.807, 2.05) is 62.4 Å². The smallest absolute Gasteiger partial charge is 0.325 e. The standard InChI is InChI=1S/C27H26N4O4/c1-17-6-10-19(11-7-17)21-15-22(23-5-4-14-35-23)31(29-21)24(32)16-30-25(33)27(3,28-26(30)34)20-12-8-18(2)9-13-20/h4-14,22H,15-16H2,1-3H3,(H,28,34)/t22-,27+/m0/s1. The molecule has 3 aromatic rings. The fourth-order valence-corrected chi connectivity index (χ4v) is 4.49. The van der Waals surface area contributed by atoms with Crippen molar-refractivity contribution in [3.63, 3.8) is 0 Å². The van der Waals surface area contributed by atoms with Crippen LogP contribution < -0.4 is 5.32 Å². The molecule has 35 heavy (non-hydrogen) atoms. The summed E-state index contributed by atoms with van der Waals surface area (Å²) in [4.78, 5) is 40.5. The van der Waals surface area contributed by atoms with E-state index in [4.69, 9.17) is 4.42 Å². The summed E-state index contributed by atoms with van der Waals surface area (Å²) >= 11 is 0. The Labute approximate surface area is 203 Å². The van der Waals surface area contributed by atoms with Crippen molar-refractivity contribution in [3.8, 4) is 0 Å². The van der Waals surface area contributed by atoms with Gasteiger partial charge in [-0.1, -0.05) is 59.7 Å². The molecule has 0 aliphatic carbocycles. The van der Waals surface area contributed by atoms with Crippen LogP contribution in [-0.4, -0.2) is 40.0 Å². The van der Waals surface area contributed by atoms with Gasteiger partial charge in [0.2, 0.25) is 0 Å². The second kappa shape index (κ2) is 8.54. The van der Waals surface area contributed by atoms with Crippen LogP contribution in [0.25, 0.3) is 0 Å². The van der Waals surface area contributed by atoms with Crippen molar-refractivity contribution in [3.05, 3.63) is 94.9 Å². The fourth-order valence-electron chi connectivity index (χ4n) is 4.49. The maximum Gasteiger partial charge on any atom is 0.325 e. The van der Waals surface area contributed by atoms with Gasteiger partial charge in [0.25, 0.3) is 11.8 Å². The molecule has 0 unspecified atom stereocenters. The van der Waals surface area contributed by atoms with E-state index in [-0.39, 0.29) is 0 Å². The molecule has 8 heteroatoms. The highest BCUT2D eigenvalue weighted by Crippen LogP contribution is 2.34. The van der Waals surface area contributed by atoms with Crippen LogP contribution in [0.2, 0.25) is 0 Å². The zero-order valence-corrected chi connectivity index (χ0v) is 19.8. The number of carbonyl (C=O) groups is 3. The lowest BCUT2D eigenvalue weighted by Crippen LogP contribution is -2.43. The molecule has 4 amide bonds. The van der Waals surface area contributed by atoms with E-state index in [0.29, 0.717) is 17.7 Å². The second-order valence-corrected chi connectivity index (χ2v) is 9.20. The maximum absolute atomic E-state index is 13.4. The molecule has 0 saturated carbocycles. The molecule has 5 rings (SSSR count). The van der Waals surface area contributed by atoms with Crippen molar-refractivity contribution in [2.45, 2.75) is 38.8 Å². The number of hydrazone groups is 1. The Morgan fingerprint density at radius 3 is 2.34 bits per heavy atom. The van der Waals surface area contributed by atoms with Crippen LogP contribution in [0, 0.1) is 13.8 Å². The van der Waals surface area contributed by atoms with Gasteiger partial charge in [-0.3, -0.25) is 14.5 Å². The zero-order valence-electron chi connectivity index (χ0n) is 19.8. The third-order valence-electron chi connectivity index (χ3n) is 6.62. The number of carbonyl (C=O) groups excluding carboxylic acids is 3. The number of furan rings is 1. The molecule has 2 aliphatic heterocycles. The number of hydrogen-bond donors (Lipinski definition) is 1. The van der Waals surface area contributed by atoms with Gasteiger partial charge in [-0.05, 0) is 44.0 Å². The lowest BCUT2D eigenvalue weighted by Gasteiger charge is -2.24. The van der Waals surface area contributed by atoms with Crippen LogP contribution in [0.15, 0.2) is 76.4 Å². The molecule has 2 aromatic carbocycles. The van der Waals surface area contributed by atoms with Crippen molar-refractivity contribution in [2.75, 3.05) is 6.54 Å². The SMILES string of the molecule is Cc1ccc(C2=NN(C(=O)CN3C(=O)N[C@](C)(c4ccc(C)cc4)C3=O)[C@H](c3ccco3)C2)cc1. The Balaban J connectivity index is 1.40. The van der Waals surface area contributed by atoms with Gasteiger partial charge >= 0.3 is 6.03 Å². The first-order valence-electron chi connectivity index (χ1n) is 11.5. The highest BCUT2D eigenvalue weighted by atomic mass is 16.3. The number of aryl methyl sites for hydroxylation is 2. The molecule has 0 bridgehead atoms. The second-order valence-electron chi connectivity index (χ2n) is 9.20. The first-order valence-corrected chi connectivity index (χ1v) is 11.5. The van der Waals surface area contributed by atoms with Crippen molar-refractivity contribution >= 4 is 23.6 Å². The monoisotopic (exact) mass is 470 g/mol. The van der Waals surface area contributed by atoms with Gasteiger partial charge in [0, 0.05) is 6.42 Å². The summed E-state index contributed by atoms with van der Waals surface area (Å²) in [6.45, 7) is 5.18. The summed E-state index contributed by atoms with van der Waals surface area (Å²) in [5.74, 6) is -0.354. The topological polar surface area (TPSA) is 95.2 Å². The minimum absolute atomic E-state index is 0.423. The average molecular weight is 471 g/mol. The fraction of sp³-hybridized carbons (Fsp3) is 0.259. The van der Waals surface area contributed by atoms with Gasteiger partial charge in [0.05, 0.1) is 12.0 Å². The molecule has 1 fully saturated rings. The lowest BCUT2D eigenvalue weighted by molar-refractivity contribution is -0.140. The van der Waals surface area contributed by atoms with Gasteiger partial charge in [0.1, 0.15) is 23.9 Å². The van der Waals surface area contributed by atoms with Crippen LogP contribution in [-0.2, 0) is 15.1 Å². The molecular weight excluding hydrogens is 444 g/mol. The summed E-state index contributed by atoms with van der Waals surface area (Å²) in [6, 6.07) is 17.8. The van der Waals surface area contributed by atoms with Crippen LogP contribution in [0.3, 0.4) is 0 Å². The summed E-state index contributed by atoms with van der Waals surface area (Å²) in [5.41, 5.74) is 3.23. The number of urea groups is 1. The largest absolute Gasteiger partial charge is 0.467 e. The molecule has 178 valence electrons. The number of hydrogen-bond acceptors (Lipinski definition) is 5. The highest BCUT2D eigenvalue weighted by Gasteiger charge is 2.50. The molecule has 2 atom stereocenters. The van der Waals surface area contributed by atoms with E-state index >= 15 is 0 Å². The van der Waals surface area contributed by atoms with E-state index < -0.39 is 36.0 Å². The Morgan fingerprint density at radius 1 is 1.06 bits per heavy atom. The highest BCUT2D eigenvalue weighted by molar-refractivity contribution is 6.09. The van der Waals surface area contributed by atoms with E-state index in [0.717, 1.165) is 27.3 Å². The molecule has 0 spiro atoms. The number of amides is 4. The van der Waals surface area contributed by atoms with Crippen LogP contribution in [0.5, 0.6) is 0 Å². The van der Waals surface area contributed by atoms with E-state index in [9.17, 15) is 14.4 Å². The maximum atomic E-state index is 13.4. The molecular formula is C27H26N4O4.